The molecule has 25 heavy (non-hydrogen) atoms. The summed E-state index contributed by atoms with van der Waals surface area (Å²) >= 11 is 0. The predicted octanol–water partition coefficient (Wildman–Crippen LogP) is 6.08. The maximum absolute atomic E-state index is 13.0. The first-order valence-corrected chi connectivity index (χ1v) is 9.63. The van der Waals surface area contributed by atoms with Gasteiger partial charge in [-0.25, -0.2) is 4.39 Å². The molecular weight excluding hydrogens is 307 g/mol. The van der Waals surface area contributed by atoms with Crippen molar-refractivity contribution in [2.24, 2.45) is 11.8 Å². The van der Waals surface area contributed by atoms with Crippen LogP contribution in [0.3, 0.4) is 0 Å². The van der Waals surface area contributed by atoms with Crippen molar-refractivity contribution in [1.82, 2.24) is 0 Å². The van der Waals surface area contributed by atoms with Gasteiger partial charge in [-0.1, -0.05) is 31.3 Å². The Kier molecular flexibility index (Phi) is 4.62. The topological polar surface area (TPSA) is 0 Å². The molecule has 0 saturated heterocycles. The summed E-state index contributed by atoms with van der Waals surface area (Å²) in [7, 11) is 0. The van der Waals surface area contributed by atoms with Crippen molar-refractivity contribution in [2.75, 3.05) is 0 Å². The second-order valence-electron chi connectivity index (χ2n) is 7.66. The van der Waals surface area contributed by atoms with Gasteiger partial charge in [0.05, 0.1) is 0 Å². The van der Waals surface area contributed by atoms with Crippen molar-refractivity contribution in [2.45, 2.75) is 51.4 Å². The summed E-state index contributed by atoms with van der Waals surface area (Å²) in [4.78, 5) is 0. The van der Waals surface area contributed by atoms with E-state index in [1.54, 1.807) is 17.7 Å². The molecule has 1 saturated carbocycles. The smallest absolute Gasteiger partial charge is 0.123 e. The lowest BCUT2D eigenvalue weighted by molar-refractivity contribution is 0.206. The van der Waals surface area contributed by atoms with Gasteiger partial charge in [0.2, 0.25) is 0 Å². The maximum atomic E-state index is 13.0. The highest BCUT2D eigenvalue weighted by atomic mass is 19.1. The zero-order chi connectivity index (χ0) is 17.2. The van der Waals surface area contributed by atoms with Gasteiger partial charge in [-0.05, 0) is 97.4 Å². The molecule has 128 valence electrons. The first-order chi connectivity index (χ1) is 12.2. The van der Waals surface area contributed by atoms with Crippen LogP contribution in [0.5, 0.6) is 0 Å². The van der Waals surface area contributed by atoms with Gasteiger partial charge in [0, 0.05) is 11.1 Å². The lowest BCUT2D eigenvalue weighted by Gasteiger charge is -2.40. The highest BCUT2D eigenvalue weighted by molar-refractivity contribution is 5.47. The Morgan fingerprint density at radius 2 is 1.72 bits per heavy atom. The fraction of sp³-hybridized carbons (Fsp3) is 0.417. The third-order valence-corrected chi connectivity index (χ3v) is 6.19. The zero-order valence-corrected chi connectivity index (χ0v) is 14.9. The summed E-state index contributed by atoms with van der Waals surface area (Å²) in [6.45, 7) is 2.34. The van der Waals surface area contributed by atoms with Crippen molar-refractivity contribution in [3.8, 4) is 11.8 Å². The normalized spacial score (nSPS) is 24.6. The number of benzene rings is 2. The van der Waals surface area contributed by atoms with E-state index in [-0.39, 0.29) is 5.82 Å². The summed E-state index contributed by atoms with van der Waals surface area (Å²) in [5.74, 6) is 8.79. The molecule has 0 aliphatic heterocycles. The van der Waals surface area contributed by atoms with Gasteiger partial charge in [0.1, 0.15) is 5.82 Å². The number of fused-ring (bicyclic) bond motifs is 3. The van der Waals surface area contributed by atoms with E-state index in [1.165, 1.54) is 56.2 Å². The average Bonchev–Trinajstić information content (AvgIpc) is 2.66. The van der Waals surface area contributed by atoms with Crippen LogP contribution in [0, 0.1) is 29.5 Å². The van der Waals surface area contributed by atoms with Crippen LogP contribution in [-0.4, -0.2) is 0 Å². The van der Waals surface area contributed by atoms with Crippen molar-refractivity contribution >= 4 is 0 Å². The average molecular weight is 332 g/mol. The molecule has 0 heterocycles. The minimum atomic E-state index is -0.216. The van der Waals surface area contributed by atoms with Crippen LogP contribution in [0.1, 0.15) is 67.2 Å². The molecule has 4 rings (SSSR count). The number of hydrogen-bond donors (Lipinski definition) is 0. The second kappa shape index (κ2) is 7.04. The molecule has 0 nitrogen and oxygen atoms in total. The highest BCUT2D eigenvalue weighted by Gasteiger charge is 2.34. The van der Waals surface area contributed by atoms with Crippen molar-refractivity contribution in [1.29, 1.82) is 0 Å². The summed E-state index contributed by atoms with van der Waals surface area (Å²) < 4.78 is 13.0. The fourth-order valence-corrected chi connectivity index (χ4v) is 4.74. The van der Waals surface area contributed by atoms with Crippen LogP contribution < -0.4 is 0 Å². The Bertz CT molecular complexity index is 806. The van der Waals surface area contributed by atoms with E-state index >= 15 is 0 Å². The van der Waals surface area contributed by atoms with Gasteiger partial charge in [0.25, 0.3) is 0 Å². The van der Waals surface area contributed by atoms with Crippen LogP contribution in [0.25, 0.3) is 0 Å². The largest absolute Gasteiger partial charge is 0.207 e. The number of rotatable bonds is 1. The van der Waals surface area contributed by atoms with Crippen LogP contribution in [0.2, 0.25) is 0 Å². The van der Waals surface area contributed by atoms with E-state index in [2.05, 4.69) is 37.0 Å². The quantitative estimate of drug-likeness (QED) is 0.555. The van der Waals surface area contributed by atoms with Crippen molar-refractivity contribution in [3.63, 3.8) is 0 Å². The Hall–Kier alpha value is -2.07. The van der Waals surface area contributed by atoms with Crippen LogP contribution in [0.15, 0.2) is 42.5 Å². The van der Waals surface area contributed by atoms with E-state index in [0.29, 0.717) is 0 Å². The second-order valence-corrected chi connectivity index (χ2v) is 7.66. The van der Waals surface area contributed by atoms with Gasteiger partial charge < -0.3 is 0 Å². The first kappa shape index (κ1) is 16.4. The molecule has 0 spiro atoms. The van der Waals surface area contributed by atoms with E-state index in [9.17, 15) is 4.39 Å². The maximum Gasteiger partial charge on any atom is 0.123 e. The first-order valence-electron chi connectivity index (χ1n) is 9.63. The molecule has 0 N–H and O–H groups in total. The van der Waals surface area contributed by atoms with E-state index < -0.39 is 0 Å². The molecule has 0 bridgehead atoms. The monoisotopic (exact) mass is 332 g/mol. The van der Waals surface area contributed by atoms with Crippen LogP contribution in [0.4, 0.5) is 4.39 Å². The van der Waals surface area contributed by atoms with Crippen LogP contribution >= 0.6 is 0 Å². The molecule has 0 aromatic heterocycles. The van der Waals surface area contributed by atoms with Gasteiger partial charge in [-0.15, -0.1) is 0 Å². The Balaban J connectivity index is 1.55. The molecular formula is C24H25F. The number of halogens is 1. The molecule has 3 unspecified atom stereocenters. The molecule has 0 amide bonds. The van der Waals surface area contributed by atoms with E-state index in [4.69, 9.17) is 0 Å². The Labute approximate surface area is 150 Å². The van der Waals surface area contributed by atoms with Gasteiger partial charge in [-0.2, -0.15) is 0 Å². The molecule has 1 fully saturated rings. The molecule has 0 radical (unpaired) electrons. The Morgan fingerprint density at radius 3 is 2.52 bits per heavy atom. The Morgan fingerprint density at radius 1 is 0.960 bits per heavy atom. The van der Waals surface area contributed by atoms with Gasteiger partial charge >= 0.3 is 0 Å². The van der Waals surface area contributed by atoms with Gasteiger partial charge in [-0.3, -0.25) is 0 Å². The minimum Gasteiger partial charge on any atom is -0.207 e. The summed E-state index contributed by atoms with van der Waals surface area (Å²) in [5.41, 5.74) is 5.01. The minimum absolute atomic E-state index is 0.216. The fourth-order valence-electron chi connectivity index (χ4n) is 4.74. The highest BCUT2D eigenvalue weighted by Crippen LogP contribution is 2.47. The SMILES string of the molecule is CCC1CCC2c3ccc(C#Cc4ccc(F)cc4)cc3CCC2C1. The third kappa shape index (κ3) is 3.49. The molecule has 2 aromatic carbocycles. The van der Waals surface area contributed by atoms with E-state index in [0.717, 1.165) is 28.9 Å². The third-order valence-electron chi connectivity index (χ3n) is 6.19. The molecule has 1 heteroatoms. The zero-order valence-electron chi connectivity index (χ0n) is 14.9. The van der Waals surface area contributed by atoms with Gasteiger partial charge in [0.15, 0.2) is 0 Å². The molecule has 2 aliphatic carbocycles. The standard InChI is InChI=1S/C24H25F/c1-2-17-7-13-23-20(15-17)9-10-21-16-19(8-14-24(21)23)4-3-18-5-11-22(25)12-6-18/h5-6,8,11-12,14,16-17,20,23H,2,7,9-10,13,15H2,1H3. The molecule has 2 aromatic rings. The van der Waals surface area contributed by atoms with E-state index in [1.807, 2.05) is 0 Å². The van der Waals surface area contributed by atoms with Crippen LogP contribution in [-0.2, 0) is 6.42 Å². The van der Waals surface area contributed by atoms with Crippen molar-refractivity contribution in [3.05, 3.63) is 70.5 Å². The summed E-state index contributed by atoms with van der Waals surface area (Å²) in [6.07, 6.45) is 8.04. The molecule has 3 atom stereocenters. The summed E-state index contributed by atoms with van der Waals surface area (Å²) in [5, 5.41) is 0. The predicted molar refractivity (Wildman–Crippen MR) is 101 cm³/mol. The number of aryl methyl sites for hydroxylation is 1. The lowest BCUT2D eigenvalue weighted by atomic mass is 9.65. The lowest BCUT2D eigenvalue weighted by Crippen LogP contribution is -2.27. The number of hydrogen-bond acceptors (Lipinski definition) is 0. The molecule has 2 aliphatic rings. The summed E-state index contributed by atoms with van der Waals surface area (Å²) in [6, 6.07) is 13.2. The van der Waals surface area contributed by atoms with Crippen molar-refractivity contribution < 1.29 is 4.39 Å².